The number of alkyl halides is 2. The van der Waals surface area contributed by atoms with Crippen molar-refractivity contribution in [2.45, 2.75) is 25.1 Å². The minimum atomic E-state index is -2.60. The molecule has 0 N–H and O–H groups in total. The zero-order valence-corrected chi connectivity index (χ0v) is 15.1. The summed E-state index contributed by atoms with van der Waals surface area (Å²) >= 11 is 6.31. The Kier molecular flexibility index (Phi) is 3.99. The lowest BCUT2D eigenvalue weighted by atomic mass is 10.2. The predicted octanol–water partition coefficient (Wildman–Crippen LogP) is 2.88. The van der Waals surface area contributed by atoms with Crippen LogP contribution in [0.4, 0.5) is 13.2 Å². The fourth-order valence-electron chi connectivity index (χ4n) is 4.06. The Morgan fingerprint density at radius 2 is 2.11 bits per heavy atom. The Hall–Kier alpha value is -2.39. The first-order chi connectivity index (χ1) is 13.5. The minimum absolute atomic E-state index is 0.0512. The molecular formula is C18H14ClF3N4O2. The van der Waals surface area contributed by atoms with Crippen molar-refractivity contribution in [1.29, 1.82) is 0 Å². The number of nitrogens with zero attached hydrogens (tertiary/aromatic N) is 4. The Balaban J connectivity index is 1.51. The topological polar surface area (TPSA) is 61.9 Å². The zero-order valence-electron chi connectivity index (χ0n) is 14.3. The van der Waals surface area contributed by atoms with Crippen LogP contribution in [0.2, 0.25) is 5.15 Å². The van der Waals surface area contributed by atoms with Gasteiger partial charge >= 0.3 is 0 Å². The summed E-state index contributed by atoms with van der Waals surface area (Å²) in [5.74, 6) is -0.992. The van der Waals surface area contributed by atoms with E-state index in [-0.39, 0.29) is 29.7 Å². The molecule has 1 aromatic carbocycles. The first-order valence-corrected chi connectivity index (χ1v) is 9.12. The van der Waals surface area contributed by atoms with E-state index in [0.717, 1.165) is 0 Å². The Bertz CT molecular complexity index is 1130. The van der Waals surface area contributed by atoms with Crippen molar-refractivity contribution >= 4 is 22.5 Å². The van der Waals surface area contributed by atoms with Crippen LogP contribution in [0.5, 0.6) is 0 Å². The van der Waals surface area contributed by atoms with Gasteiger partial charge in [0.2, 0.25) is 0 Å². The molecule has 0 amide bonds. The third-order valence-corrected chi connectivity index (χ3v) is 5.90. The van der Waals surface area contributed by atoms with Gasteiger partial charge in [-0.3, -0.25) is 4.79 Å². The van der Waals surface area contributed by atoms with Crippen LogP contribution in [-0.2, 0) is 11.3 Å². The van der Waals surface area contributed by atoms with Gasteiger partial charge in [0.05, 0.1) is 30.8 Å². The summed E-state index contributed by atoms with van der Waals surface area (Å²) in [4.78, 5) is 12.9. The van der Waals surface area contributed by atoms with Crippen LogP contribution >= 0.6 is 11.6 Å². The highest BCUT2D eigenvalue weighted by Crippen LogP contribution is 2.58. The lowest BCUT2D eigenvalue weighted by molar-refractivity contribution is -0.0465. The van der Waals surface area contributed by atoms with Crippen molar-refractivity contribution in [3.63, 3.8) is 0 Å². The minimum Gasteiger partial charge on any atom is -0.372 e. The van der Waals surface area contributed by atoms with E-state index >= 15 is 0 Å². The Labute approximate surface area is 161 Å². The van der Waals surface area contributed by atoms with Crippen molar-refractivity contribution in [1.82, 2.24) is 19.6 Å². The smallest absolute Gasteiger partial charge is 0.295 e. The monoisotopic (exact) mass is 410 g/mol. The summed E-state index contributed by atoms with van der Waals surface area (Å²) in [5, 5.41) is 8.87. The molecule has 2 aromatic heterocycles. The van der Waals surface area contributed by atoms with E-state index in [1.165, 1.54) is 21.6 Å². The molecule has 10 heteroatoms. The van der Waals surface area contributed by atoms with E-state index < -0.39 is 35.9 Å². The van der Waals surface area contributed by atoms with Gasteiger partial charge in [-0.05, 0) is 6.07 Å². The maximum Gasteiger partial charge on any atom is 0.295 e. The standard InChI is InChI=1S/C18H14ClF3N4O2/c19-16-9-5-23-26(14-10-7-28-15(12(10)14)17(21)22)18(27)13(9)24-25(16)6-8-3-1-2-4-11(8)20/h1-5,10,12,14-15,17H,6-7H2/t10-,12+,14+,15-/m1/s1. The van der Waals surface area contributed by atoms with Crippen LogP contribution in [-0.4, -0.2) is 38.7 Å². The second-order valence-corrected chi connectivity index (χ2v) is 7.42. The maximum absolute atomic E-state index is 13.9. The fourth-order valence-corrected chi connectivity index (χ4v) is 4.30. The molecule has 1 aliphatic carbocycles. The van der Waals surface area contributed by atoms with Crippen LogP contribution in [0.1, 0.15) is 11.6 Å². The lowest BCUT2D eigenvalue weighted by Gasteiger charge is -2.14. The molecular weight excluding hydrogens is 397 g/mol. The molecule has 1 saturated carbocycles. The Morgan fingerprint density at radius 1 is 1.32 bits per heavy atom. The number of rotatable bonds is 4. The molecule has 4 atom stereocenters. The molecule has 0 bridgehead atoms. The molecule has 2 aliphatic rings. The van der Waals surface area contributed by atoms with Gasteiger partial charge in [-0.2, -0.15) is 10.2 Å². The third-order valence-electron chi connectivity index (χ3n) is 5.50. The molecule has 0 unspecified atom stereocenters. The SMILES string of the molecule is O=c1c2nn(Cc3ccccc3F)c(Cl)c2cnn1[C@H]1[C@@H]2CO[C@@H](C(F)F)[C@@H]21. The normalized spacial score (nSPS) is 26.2. The number of fused-ring (bicyclic) bond motifs is 2. The van der Waals surface area contributed by atoms with Crippen LogP contribution in [0.15, 0.2) is 35.3 Å². The number of hydrogen-bond donors (Lipinski definition) is 0. The van der Waals surface area contributed by atoms with Crippen molar-refractivity contribution in [2.24, 2.45) is 11.8 Å². The molecule has 3 aromatic rings. The van der Waals surface area contributed by atoms with Gasteiger partial charge in [0, 0.05) is 17.4 Å². The van der Waals surface area contributed by atoms with Gasteiger partial charge in [-0.25, -0.2) is 22.5 Å². The molecule has 3 heterocycles. The van der Waals surface area contributed by atoms with Crippen LogP contribution in [0.25, 0.3) is 10.9 Å². The molecule has 1 aliphatic heterocycles. The maximum atomic E-state index is 13.9. The number of hydrogen-bond acceptors (Lipinski definition) is 4. The average molecular weight is 411 g/mol. The van der Waals surface area contributed by atoms with Gasteiger partial charge < -0.3 is 4.74 Å². The molecule has 1 saturated heterocycles. The van der Waals surface area contributed by atoms with E-state index in [4.69, 9.17) is 16.3 Å². The second-order valence-electron chi connectivity index (χ2n) is 7.06. The van der Waals surface area contributed by atoms with E-state index in [1.54, 1.807) is 18.2 Å². The van der Waals surface area contributed by atoms with Crippen molar-refractivity contribution < 1.29 is 17.9 Å². The summed E-state index contributed by atoms with van der Waals surface area (Å²) in [6, 6.07) is 5.77. The number of aromatic nitrogens is 4. The number of halogens is 4. The average Bonchev–Trinajstić information content (AvgIpc) is 3.03. The number of benzene rings is 1. The summed E-state index contributed by atoms with van der Waals surface area (Å²) in [7, 11) is 0. The molecule has 5 rings (SSSR count). The van der Waals surface area contributed by atoms with Crippen molar-refractivity contribution in [2.75, 3.05) is 6.61 Å². The zero-order chi connectivity index (χ0) is 19.6. The molecule has 28 heavy (non-hydrogen) atoms. The highest BCUT2D eigenvalue weighted by atomic mass is 35.5. The van der Waals surface area contributed by atoms with Gasteiger partial charge in [0.15, 0.2) is 5.52 Å². The highest BCUT2D eigenvalue weighted by Gasteiger charge is 2.63. The second kappa shape index (κ2) is 6.31. The largest absolute Gasteiger partial charge is 0.372 e. The molecule has 0 radical (unpaired) electrons. The Morgan fingerprint density at radius 3 is 2.86 bits per heavy atom. The first kappa shape index (κ1) is 17.7. The van der Waals surface area contributed by atoms with Gasteiger partial charge in [-0.1, -0.05) is 29.8 Å². The number of ether oxygens (including phenoxy) is 1. The van der Waals surface area contributed by atoms with Gasteiger partial charge in [0.1, 0.15) is 17.1 Å². The van der Waals surface area contributed by atoms with Gasteiger partial charge in [-0.15, -0.1) is 0 Å². The fraction of sp³-hybridized carbons (Fsp3) is 0.389. The van der Waals surface area contributed by atoms with Crippen LogP contribution in [0, 0.1) is 17.7 Å². The van der Waals surface area contributed by atoms with E-state index in [1.807, 2.05) is 0 Å². The molecule has 146 valence electrons. The van der Waals surface area contributed by atoms with Gasteiger partial charge in [0.25, 0.3) is 12.0 Å². The first-order valence-electron chi connectivity index (χ1n) is 8.74. The molecule has 0 spiro atoms. The summed E-state index contributed by atoms with van der Waals surface area (Å²) in [5.41, 5.74) is -0.0472. The van der Waals surface area contributed by atoms with Crippen LogP contribution < -0.4 is 5.56 Å². The third kappa shape index (κ3) is 2.56. The summed E-state index contributed by atoms with van der Waals surface area (Å²) in [6.45, 7) is 0.231. The van der Waals surface area contributed by atoms with Crippen molar-refractivity contribution in [3.05, 3.63) is 57.3 Å². The van der Waals surface area contributed by atoms with Crippen molar-refractivity contribution in [3.8, 4) is 0 Å². The highest BCUT2D eigenvalue weighted by molar-refractivity contribution is 6.34. The van der Waals surface area contributed by atoms with Crippen LogP contribution in [0.3, 0.4) is 0 Å². The summed E-state index contributed by atoms with van der Waals surface area (Å²) in [6.07, 6.45) is -2.38. The van der Waals surface area contributed by atoms with E-state index in [2.05, 4.69) is 10.2 Å². The predicted molar refractivity (Wildman–Crippen MR) is 94.1 cm³/mol. The summed E-state index contributed by atoms with van der Waals surface area (Å²) < 4.78 is 47.7. The van der Waals surface area contributed by atoms with E-state index in [9.17, 15) is 18.0 Å². The quantitative estimate of drug-likeness (QED) is 0.663. The lowest BCUT2D eigenvalue weighted by Crippen LogP contribution is -2.29. The molecule has 2 fully saturated rings. The van der Waals surface area contributed by atoms with E-state index in [0.29, 0.717) is 10.9 Å². The molecule has 6 nitrogen and oxygen atoms in total.